The molecule has 1 aromatic carbocycles. The van der Waals surface area contributed by atoms with E-state index in [0.717, 1.165) is 5.39 Å². The number of morpholine rings is 1. The number of hydrogen-bond acceptors (Lipinski definition) is 6. The third kappa shape index (κ3) is 3.62. The van der Waals surface area contributed by atoms with Crippen LogP contribution in [0.1, 0.15) is 0 Å². The van der Waals surface area contributed by atoms with Gasteiger partial charge in [-0.15, -0.1) is 0 Å². The van der Waals surface area contributed by atoms with Crippen LogP contribution in [0.2, 0.25) is 0 Å². The standard InChI is InChI=1S/C21H18FN5O2/c22-14-10-17(16-3-5-24-18(16)11-14)19-12-20(27-6-8-28-9-7-27)26-21(25-19)29-15-2-1-4-23-13-15/h1-5,10-13,24H,6-9H2. The van der Waals surface area contributed by atoms with E-state index in [9.17, 15) is 4.39 Å². The van der Waals surface area contributed by atoms with Crippen molar-refractivity contribution in [3.05, 3.63) is 60.8 Å². The first-order chi connectivity index (χ1) is 14.3. The van der Waals surface area contributed by atoms with Crippen LogP contribution in [0.15, 0.2) is 55.0 Å². The number of aromatic amines is 1. The van der Waals surface area contributed by atoms with Crippen LogP contribution < -0.4 is 9.64 Å². The van der Waals surface area contributed by atoms with Gasteiger partial charge in [0.2, 0.25) is 0 Å². The van der Waals surface area contributed by atoms with Crippen LogP contribution in [0.25, 0.3) is 22.2 Å². The van der Waals surface area contributed by atoms with Crippen molar-refractivity contribution in [2.45, 2.75) is 0 Å². The number of benzene rings is 1. The fraction of sp³-hybridized carbons (Fsp3) is 0.190. The minimum atomic E-state index is -0.337. The summed E-state index contributed by atoms with van der Waals surface area (Å²) < 4.78 is 25.5. The van der Waals surface area contributed by atoms with E-state index >= 15 is 0 Å². The molecular formula is C21H18FN5O2. The topological polar surface area (TPSA) is 76.2 Å². The average molecular weight is 391 g/mol. The Morgan fingerprint density at radius 1 is 1.10 bits per heavy atom. The number of ether oxygens (including phenoxy) is 2. The lowest BCUT2D eigenvalue weighted by Crippen LogP contribution is -2.36. The molecule has 0 spiro atoms. The van der Waals surface area contributed by atoms with Crippen molar-refractivity contribution in [1.82, 2.24) is 19.9 Å². The monoisotopic (exact) mass is 391 g/mol. The van der Waals surface area contributed by atoms with E-state index < -0.39 is 0 Å². The Morgan fingerprint density at radius 2 is 2.00 bits per heavy atom. The molecule has 4 heterocycles. The first-order valence-corrected chi connectivity index (χ1v) is 9.33. The predicted molar refractivity (Wildman–Crippen MR) is 107 cm³/mol. The van der Waals surface area contributed by atoms with Crippen molar-refractivity contribution in [1.29, 1.82) is 0 Å². The third-order valence-corrected chi connectivity index (χ3v) is 4.78. The molecule has 29 heavy (non-hydrogen) atoms. The molecule has 0 saturated carbocycles. The highest BCUT2D eigenvalue weighted by Crippen LogP contribution is 2.32. The minimum Gasteiger partial charge on any atom is -0.423 e. The van der Waals surface area contributed by atoms with Gasteiger partial charge in [-0.05, 0) is 30.3 Å². The molecule has 0 radical (unpaired) electrons. The molecule has 7 nitrogen and oxygen atoms in total. The van der Waals surface area contributed by atoms with E-state index in [1.54, 1.807) is 30.7 Å². The molecule has 1 aliphatic heterocycles. The summed E-state index contributed by atoms with van der Waals surface area (Å²) in [5.74, 6) is 0.907. The third-order valence-electron chi connectivity index (χ3n) is 4.78. The van der Waals surface area contributed by atoms with Gasteiger partial charge in [0.15, 0.2) is 0 Å². The van der Waals surface area contributed by atoms with Crippen LogP contribution in [-0.2, 0) is 4.74 Å². The molecule has 1 saturated heterocycles. The summed E-state index contributed by atoms with van der Waals surface area (Å²) in [4.78, 5) is 18.4. The Hall–Kier alpha value is -3.52. The molecule has 0 amide bonds. The highest BCUT2D eigenvalue weighted by atomic mass is 19.1. The van der Waals surface area contributed by atoms with Crippen molar-refractivity contribution in [2.75, 3.05) is 31.2 Å². The number of halogens is 1. The van der Waals surface area contributed by atoms with E-state index in [-0.39, 0.29) is 11.8 Å². The van der Waals surface area contributed by atoms with Gasteiger partial charge < -0.3 is 19.4 Å². The largest absolute Gasteiger partial charge is 0.423 e. The van der Waals surface area contributed by atoms with Crippen LogP contribution in [0.5, 0.6) is 11.8 Å². The van der Waals surface area contributed by atoms with Crippen LogP contribution >= 0.6 is 0 Å². The second-order valence-corrected chi connectivity index (χ2v) is 6.68. The second-order valence-electron chi connectivity index (χ2n) is 6.68. The number of nitrogens with one attached hydrogen (secondary N) is 1. The normalized spacial score (nSPS) is 14.3. The molecule has 0 atom stereocenters. The smallest absolute Gasteiger partial charge is 0.324 e. The van der Waals surface area contributed by atoms with Gasteiger partial charge in [0.25, 0.3) is 0 Å². The molecule has 0 aliphatic carbocycles. The van der Waals surface area contributed by atoms with E-state index in [1.165, 1.54) is 12.1 Å². The Balaban J connectivity index is 1.63. The van der Waals surface area contributed by atoms with Crippen molar-refractivity contribution < 1.29 is 13.9 Å². The Labute approximate surface area is 166 Å². The van der Waals surface area contributed by atoms with Gasteiger partial charge in [0.05, 0.1) is 25.1 Å². The zero-order valence-electron chi connectivity index (χ0n) is 15.5. The summed E-state index contributed by atoms with van der Waals surface area (Å²) in [6.45, 7) is 2.68. The fourth-order valence-electron chi connectivity index (χ4n) is 3.41. The Kier molecular flexibility index (Phi) is 4.53. The van der Waals surface area contributed by atoms with Crippen molar-refractivity contribution in [3.63, 3.8) is 0 Å². The zero-order chi connectivity index (χ0) is 19.6. The van der Waals surface area contributed by atoms with E-state index in [2.05, 4.69) is 24.8 Å². The van der Waals surface area contributed by atoms with Crippen molar-refractivity contribution in [3.8, 4) is 23.0 Å². The summed E-state index contributed by atoms with van der Waals surface area (Å²) in [6, 6.07) is 10.5. The van der Waals surface area contributed by atoms with E-state index in [1.807, 2.05) is 12.1 Å². The average Bonchev–Trinajstić information content (AvgIpc) is 3.22. The Morgan fingerprint density at radius 3 is 2.83 bits per heavy atom. The molecule has 1 fully saturated rings. The molecule has 5 rings (SSSR count). The second kappa shape index (κ2) is 7.48. The van der Waals surface area contributed by atoms with E-state index in [4.69, 9.17) is 9.47 Å². The molecule has 1 aliphatic rings. The van der Waals surface area contributed by atoms with Gasteiger partial charge in [0.1, 0.15) is 17.4 Å². The zero-order valence-corrected chi connectivity index (χ0v) is 15.5. The maximum absolute atomic E-state index is 14.2. The maximum Gasteiger partial charge on any atom is 0.324 e. The lowest BCUT2D eigenvalue weighted by molar-refractivity contribution is 0.122. The molecule has 3 aromatic heterocycles. The predicted octanol–water partition coefficient (Wildman–Crippen LogP) is 3.79. The molecule has 146 valence electrons. The maximum atomic E-state index is 14.2. The highest BCUT2D eigenvalue weighted by Gasteiger charge is 2.18. The van der Waals surface area contributed by atoms with Gasteiger partial charge in [-0.25, -0.2) is 4.39 Å². The number of aromatic nitrogens is 4. The van der Waals surface area contributed by atoms with Gasteiger partial charge in [-0.2, -0.15) is 9.97 Å². The molecule has 0 bridgehead atoms. The van der Waals surface area contributed by atoms with Crippen LogP contribution in [0.4, 0.5) is 10.2 Å². The lowest BCUT2D eigenvalue weighted by Gasteiger charge is -2.28. The summed E-state index contributed by atoms with van der Waals surface area (Å²) in [7, 11) is 0. The van der Waals surface area contributed by atoms with Crippen LogP contribution in [0, 0.1) is 5.82 Å². The quantitative estimate of drug-likeness (QED) is 0.570. The minimum absolute atomic E-state index is 0.185. The SMILES string of the molecule is Fc1cc(-c2cc(N3CCOCC3)nc(Oc3cccnc3)n2)c2cc[nH]c2c1. The molecule has 0 unspecified atom stereocenters. The van der Waals surface area contributed by atoms with Crippen molar-refractivity contribution >= 4 is 16.7 Å². The first-order valence-electron chi connectivity index (χ1n) is 9.33. The summed E-state index contributed by atoms with van der Waals surface area (Å²) >= 11 is 0. The van der Waals surface area contributed by atoms with Gasteiger partial charge in [0, 0.05) is 48.0 Å². The van der Waals surface area contributed by atoms with Crippen LogP contribution in [0.3, 0.4) is 0 Å². The summed E-state index contributed by atoms with van der Waals surface area (Å²) in [5, 5.41) is 0.880. The summed E-state index contributed by atoms with van der Waals surface area (Å²) in [6.07, 6.45) is 5.04. The highest BCUT2D eigenvalue weighted by molar-refractivity contribution is 5.94. The van der Waals surface area contributed by atoms with Gasteiger partial charge in [-0.1, -0.05) is 0 Å². The molecule has 4 aromatic rings. The lowest BCUT2D eigenvalue weighted by atomic mass is 10.1. The number of anilines is 1. The molecule has 1 N–H and O–H groups in total. The number of H-pyrrole nitrogens is 1. The fourth-order valence-corrected chi connectivity index (χ4v) is 3.41. The van der Waals surface area contributed by atoms with Gasteiger partial charge >= 0.3 is 6.01 Å². The molecular weight excluding hydrogens is 373 g/mol. The number of nitrogens with zero attached hydrogens (tertiary/aromatic N) is 4. The Bertz CT molecular complexity index is 1140. The number of pyridine rings is 1. The van der Waals surface area contributed by atoms with E-state index in [0.29, 0.717) is 54.6 Å². The number of hydrogen-bond donors (Lipinski definition) is 1. The number of rotatable bonds is 4. The summed E-state index contributed by atoms with van der Waals surface area (Å²) in [5.41, 5.74) is 1.97. The first kappa shape index (κ1) is 17.6. The van der Waals surface area contributed by atoms with Gasteiger partial charge in [-0.3, -0.25) is 4.98 Å². The molecule has 8 heteroatoms. The number of fused-ring (bicyclic) bond motifs is 1. The van der Waals surface area contributed by atoms with Crippen molar-refractivity contribution in [2.24, 2.45) is 0 Å². The van der Waals surface area contributed by atoms with Crippen LogP contribution in [-0.4, -0.2) is 46.2 Å².